The van der Waals surface area contributed by atoms with E-state index in [1.54, 1.807) is 20.3 Å². The number of carbonyl (C=O) groups excluding carboxylic acids is 2. The third-order valence-electron chi connectivity index (χ3n) is 5.49. The highest BCUT2D eigenvalue weighted by Crippen LogP contribution is 2.25. The normalized spacial score (nSPS) is 14.1. The van der Waals surface area contributed by atoms with E-state index in [-0.39, 0.29) is 17.7 Å². The summed E-state index contributed by atoms with van der Waals surface area (Å²) in [7, 11) is 3.20. The number of nitrogens with one attached hydrogen (secondary N) is 1. The van der Waals surface area contributed by atoms with Crippen molar-refractivity contribution < 1.29 is 23.8 Å². The molecule has 7 nitrogen and oxygen atoms in total. The van der Waals surface area contributed by atoms with Crippen molar-refractivity contribution in [2.45, 2.75) is 25.8 Å². The summed E-state index contributed by atoms with van der Waals surface area (Å²) >= 11 is 0. The minimum Gasteiger partial charge on any atom is -0.497 e. The number of piperidine rings is 1. The van der Waals surface area contributed by atoms with Crippen LogP contribution >= 0.6 is 0 Å². The highest BCUT2D eigenvalue weighted by atomic mass is 16.5. The molecule has 0 bridgehead atoms. The number of ether oxygens (including phenoxy) is 3. The number of carbonyl (C=O) groups is 2. The van der Waals surface area contributed by atoms with Crippen LogP contribution < -0.4 is 19.5 Å². The second kappa shape index (κ2) is 11.2. The van der Waals surface area contributed by atoms with E-state index in [2.05, 4.69) is 5.32 Å². The van der Waals surface area contributed by atoms with Gasteiger partial charge in [0.15, 0.2) is 0 Å². The predicted octanol–water partition coefficient (Wildman–Crippen LogP) is 3.03. The van der Waals surface area contributed by atoms with Crippen molar-refractivity contribution in [1.29, 1.82) is 0 Å². The Morgan fingerprint density at radius 3 is 2.42 bits per heavy atom. The molecule has 166 valence electrons. The lowest BCUT2D eigenvalue weighted by atomic mass is 9.95. The molecule has 0 radical (unpaired) electrons. The second-order valence-electron chi connectivity index (χ2n) is 7.46. The fourth-order valence-electron chi connectivity index (χ4n) is 3.65. The fourth-order valence-corrected chi connectivity index (χ4v) is 3.65. The van der Waals surface area contributed by atoms with Crippen molar-refractivity contribution in [1.82, 2.24) is 10.2 Å². The quantitative estimate of drug-likeness (QED) is 0.667. The summed E-state index contributed by atoms with van der Waals surface area (Å²) in [6, 6.07) is 15.0. The molecule has 7 heteroatoms. The number of benzene rings is 2. The molecular formula is C24H30N2O5. The highest BCUT2D eigenvalue weighted by Gasteiger charge is 2.27. The van der Waals surface area contributed by atoms with Gasteiger partial charge in [-0.2, -0.15) is 0 Å². The van der Waals surface area contributed by atoms with Gasteiger partial charge in [-0.05, 0) is 37.1 Å². The molecule has 1 heterocycles. The molecule has 2 aromatic carbocycles. The Bertz CT molecular complexity index is 864. The zero-order valence-corrected chi connectivity index (χ0v) is 18.1. The molecule has 1 fully saturated rings. The summed E-state index contributed by atoms with van der Waals surface area (Å²) in [6.45, 7) is 1.93. The van der Waals surface area contributed by atoms with Crippen LogP contribution in [0.15, 0.2) is 48.5 Å². The van der Waals surface area contributed by atoms with Crippen LogP contribution in [0.5, 0.6) is 17.2 Å². The standard InChI is InChI=1S/C24H30N2O5/c1-29-21-9-8-19(22(16-21)30-2)17-25-24(28)18-10-13-26(14-11-18)23(27)12-15-31-20-6-4-3-5-7-20/h3-9,16,18H,10-15,17H2,1-2H3,(H,25,28). The maximum Gasteiger partial charge on any atom is 0.225 e. The van der Waals surface area contributed by atoms with Crippen LogP contribution in [0.2, 0.25) is 0 Å². The van der Waals surface area contributed by atoms with Crippen molar-refractivity contribution in [3.63, 3.8) is 0 Å². The van der Waals surface area contributed by atoms with Gasteiger partial charge in [-0.25, -0.2) is 0 Å². The third kappa shape index (κ3) is 6.38. The molecular weight excluding hydrogens is 396 g/mol. The summed E-state index contributed by atoms with van der Waals surface area (Å²) < 4.78 is 16.2. The lowest BCUT2D eigenvalue weighted by molar-refractivity contribution is -0.136. The Kier molecular flexibility index (Phi) is 8.15. The Labute approximate surface area is 183 Å². The lowest BCUT2D eigenvalue weighted by Gasteiger charge is -2.31. The molecule has 1 saturated heterocycles. The zero-order chi connectivity index (χ0) is 22.1. The van der Waals surface area contributed by atoms with Gasteiger partial charge in [-0.3, -0.25) is 9.59 Å². The molecule has 2 aromatic rings. The van der Waals surface area contributed by atoms with Crippen LogP contribution in [-0.2, 0) is 16.1 Å². The molecule has 0 aromatic heterocycles. The van der Waals surface area contributed by atoms with Gasteiger partial charge in [0.05, 0.1) is 27.2 Å². The summed E-state index contributed by atoms with van der Waals surface area (Å²) in [5.41, 5.74) is 0.891. The number of para-hydroxylation sites is 1. The molecule has 31 heavy (non-hydrogen) atoms. The first-order valence-electron chi connectivity index (χ1n) is 10.5. The van der Waals surface area contributed by atoms with Gasteiger partial charge >= 0.3 is 0 Å². The van der Waals surface area contributed by atoms with E-state index in [9.17, 15) is 9.59 Å². The first-order chi connectivity index (χ1) is 15.1. The second-order valence-corrected chi connectivity index (χ2v) is 7.46. The molecule has 0 unspecified atom stereocenters. The van der Waals surface area contributed by atoms with Gasteiger partial charge < -0.3 is 24.4 Å². The van der Waals surface area contributed by atoms with Crippen molar-refractivity contribution in [3.8, 4) is 17.2 Å². The molecule has 2 amide bonds. The number of rotatable bonds is 9. The smallest absolute Gasteiger partial charge is 0.225 e. The SMILES string of the molecule is COc1ccc(CNC(=O)C2CCN(C(=O)CCOc3ccccc3)CC2)c(OC)c1. The fraction of sp³-hybridized carbons (Fsp3) is 0.417. The van der Waals surface area contributed by atoms with E-state index >= 15 is 0 Å². The Morgan fingerprint density at radius 1 is 1.00 bits per heavy atom. The molecule has 0 aliphatic carbocycles. The number of methoxy groups -OCH3 is 2. The van der Waals surface area contributed by atoms with Crippen molar-refractivity contribution >= 4 is 11.8 Å². The Hall–Kier alpha value is -3.22. The summed E-state index contributed by atoms with van der Waals surface area (Å²) in [5, 5.41) is 2.99. The monoisotopic (exact) mass is 426 g/mol. The van der Waals surface area contributed by atoms with Gasteiger partial charge in [0, 0.05) is 37.2 Å². The van der Waals surface area contributed by atoms with E-state index in [0.717, 1.165) is 11.3 Å². The molecule has 0 spiro atoms. The lowest BCUT2D eigenvalue weighted by Crippen LogP contribution is -2.43. The average molecular weight is 427 g/mol. The van der Waals surface area contributed by atoms with Gasteiger partial charge in [0.25, 0.3) is 0 Å². The summed E-state index contributed by atoms with van der Waals surface area (Å²) in [6.07, 6.45) is 1.66. The van der Waals surface area contributed by atoms with E-state index in [0.29, 0.717) is 57.0 Å². The van der Waals surface area contributed by atoms with Crippen LogP contribution in [0.1, 0.15) is 24.8 Å². The van der Waals surface area contributed by atoms with Crippen LogP contribution in [-0.4, -0.2) is 50.6 Å². The van der Waals surface area contributed by atoms with E-state index < -0.39 is 0 Å². The largest absolute Gasteiger partial charge is 0.497 e. The highest BCUT2D eigenvalue weighted by molar-refractivity contribution is 5.80. The number of nitrogens with zero attached hydrogens (tertiary/aromatic N) is 1. The van der Waals surface area contributed by atoms with Gasteiger partial charge in [-0.15, -0.1) is 0 Å². The third-order valence-corrected chi connectivity index (χ3v) is 5.49. The predicted molar refractivity (Wildman–Crippen MR) is 117 cm³/mol. The minimum absolute atomic E-state index is 0.0115. The van der Waals surface area contributed by atoms with E-state index in [1.807, 2.05) is 47.4 Å². The topological polar surface area (TPSA) is 77.1 Å². The molecule has 1 N–H and O–H groups in total. The zero-order valence-electron chi connectivity index (χ0n) is 18.1. The molecule has 1 aliphatic rings. The minimum atomic E-state index is -0.0890. The van der Waals surface area contributed by atoms with E-state index in [4.69, 9.17) is 14.2 Å². The maximum atomic E-state index is 12.6. The molecule has 1 aliphatic heterocycles. The van der Waals surface area contributed by atoms with E-state index in [1.165, 1.54) is 0 Å². The van der Waals surface area contributed by atoms with Crippen molar-refractivity contribution in [2.24, 2.45) is 5.92 Å². The number of amides is 2. The first kappa shape index (κ1) is 22.5. The average Bonchev–Trinajstić information content (AvgIpc) is 2.83. The first-order valence-corrected chi connectivity index (χ1v) is 10.5. The van der Waals surface area contributed by atoms with Gasteiger partial charge in [0.1, 0.15) is 17.2 Å². The van der Waals surface area contributed by atoms with Gasteiger partial charge in [0.2, 0.25) is 11.8 Å². The Morgan fingerprint density at radius 2 is 1.74 bits per heavy atom. The molecule has 0 atom stereocenters. The Balaban J connectivity index is 1.40. The summed E-state index contributed by atoms with van der Waals surface area (Å²) in [5.74, 6) is 2.14. The van der Waals surface area contributed by atoms with Crippen LogP contribution in [0, 0.1) is 5.92 Å². The molecule has 0 saturated carbocycles. The van der Waals surface area contributed by atoms with Crippen LogP contribution in [0.4, 0.5) is 0 Å². The van der Waals surface area contributed by atoms with Gasteiger partial charge in [-0.1, -0.05) is 18.2 Å². The number of likely N-dealkylation sites (tertiary alicyclic amines) is 1. The summed E-state index contributed by atoms with van der Waals surface area (Å²) in [4.78, 5) is 26.8. The maximum absolute atomic E-state index is 12.6. The number of hydrogen-bond acceptors (Lipinski definition) is 5. The number of hydrogen-bond donors (Lipinski definition) is 1. The van der Waals surface area contributed by atoms with Crippen molar-refractivity contribution in [3.05, 3.63) is 54.1 Å². The van der Waals surface area contributed by atoms with Crippen LogP contribution in [0.25, 0.3) is 0 Å². The van der Waals surface area contributed by atoms with Crippen molar-refractivity contribution in [2.75, 3.05) is 33.9 Å². The van der Waals surface area contributed by atoms with Crippen LogP contribution in [0.3, 0.4) is 0 Å². The molecule has 3 rings (SSSR count).